The van der Waals surface area contributed by atoms with Crippen LogP contribution in [0.5, 0.6) is 0 Å². The highest BCUT2D eigenvalue weighted by Crippen LogP contribution is 2.31. The van der Waals surface area contributed by atoms with Gasteiger partial charge in [0.15, 0.2) is 0 Å². The van der Waals surface area contributed by atoms with Gasteiger partial charge < -0.3 is 11.1 Å². The van der Waals surface area contributed by atoms with E-state index in [1.807, 2.05) is 37.3 Å². The van der Waals surface area contributed by atoms with Crippen molar-refractivity contribution in [3.8, 4) is 0 Å². The maximum absolute atomic E-state index is 5.91. The third-order valence-electron chi connectivity index (χ3n) is 3.35. The summed E-state index contributed by atoms with van der Waals surface area (Å²) in [4.78, 5) is 4.55. The van der Waals surface area contributed by atoms with E-state index in [0.29, 0.717) is 0 Å². The molecule has 3 rings (SSSR count). The number of nitrogens with two attached hydrogens (primary N) is 1. The molecule has 0 spiro atoms. The SMILES string of the molecule is Cc1ccc(Br)c(Nc2cc(C)nc3ccc(N)cc23)c1. The third kappa shape index (κ3) is 2.85. The van der Waals surface area contributed by atoms with E-state index in [-0.39, 0.29) is 0 Å². The van der Waals surface area contributed by atoms with E-state index in [4.69, 9.17) is 5.73 Å². The van der Waals surface area contributed by atoms with Crippen LogP contribution >= 0.6 is 15.9 Å². The molecular weight excluding hydrogens is 326 g/mol. The Morgan fingerprint density at radius 2 is 1.81 bits per heavy atom. The number of pyridine rings is 1. The summed E-state index contributed by atoms with van der Waals surface area (Å²) in [6.45, 7) is 4.07. The maximum atomic E-state index is 5.91. The zero-order valence-corrected chi connectivity index (χ0v) is 13.5. The molecule has 0 fully saturated rings. The van der Waals surface area contributed by atoms with Crippen LogP contribution in [0.15, 0.2) is 46.9 Å². The summed E-state index contributed by atoms with van der Waals surface area (Å²) in [5.74, 6) is 0. The van der Waals surface area contributed by atoms with Gasteiger partial charge in [0.2, 0.25) is 0 Å². The molecule has 0 saturated carbocycles. The fourth-order valence-corrected chi connectivity index (χ4v) is 2.70. The first kappa shape index (κ1) is 13.9. The Morgan fingerprint density at radius 1 is 1.00 bits per heavy atom. The molecule has 0 aliphatic heterocycles. The molecule has 0 unspecified atom stereocenters. The zero-order chi connectivity index (χ0) is 15.0. The topological polar surface area (TPSA) is 50.9 Å². The Labute approximate surface area is 132 Å². The number of hydrogen-bond donors (Lipinski definition) is 2. The molecule has 0 aliphatic rings. The number of aryl methyl sites for hydroxylation is 2. The Hall–Kier alpha value is -2.07. The van der Waals surface area contributed by atoms with Crippen molar-refractivity contribution in [2.24, 2.45) is 0 Å². The fourth-order valence-electron chi connectivity index (χ4n) is 2.36. The summed E-state index contributed by atoms with van der Waals surface area (Å²) >= 11 is 3.58. The summed E-state index contributed by atoms with van der Waals surface area (Å²) in [7, 11) is 0. The van der Waals surface area contributed by atoms with Gasteiger partial charge in [-0.2, -0.15) is 0 Å². The summed E-state index contributed by atoms with van der Waals surface area (Å²) in [6.07, 6.45) is 0. The van der Waals surface area contributed by atoms with E-state index in [9.17, 15) is 0 Å². The number of nitrogens with zero attached hydrogens (tertiary/aromatic N) is 1. The number of hydrogen-bond acceptors (Lipinski definition) is 3. The van der Waals surface area contributed by atoms with Gasteiger partial charge >= 0.3 is 0 Å². The minimum absolute atomic E-state index is 0.736. The van der Waals surface area contributed by atoms with Gasteiger partial charge in [-0.3, -0.25) is 4.98 Å². The Bertz CT molecular complexity index is 828. The van der Waals surface area contributed by atoms with Gasteiger partial charge in [0.25, 0.3) is 0 Å². The van der Waals surface area contributed by atoms with E-state index < -0.39 is 0 Å². The van der Waals surface area contributed by atoms with Crippen molar-refractivity contribution >= 4 is 43.9 Å². The first-order valence-corrected chi connectivity index (χ1v) is 7.52. The third-order valence-corrected chi connectivity index (χ3v) is 4.04. The van der Waals surface area contributed by atoms with Crippen LogP contribution in [0.2, 0.25) is 0 Å². The van der Waals surface area contributed by atoms with Crippen LogP contribution in [0.1, 0.15) is 11.3 Å². The molecule has 2 aromatic carbocycles. The van der Waals surface area contributed by atoms with E-state index in [0.717, 1.165) is 38.1 Å². The summed E-state index contributed by atoms with van der Waals surface area (Å²) in [6, 6.07) is 14.0. The van der Waals surface area contributed by atoms with Gasteiger partial charge in [0, 0.05) is 26.9 Å². The van der Waals surface area contributed by atoms with E-state index in [1.54, 1.807) is 0 Å². The average Bonchev–Trinajstić information content (AvgIpc) is 2.43. The Kier molecular flexibility index (Phi) is 3.55. The van der Waals surface area contributed by atoms with Crippen LogP contribution in [0.4, 0.5) is 17.1 Å². The summed E-state index contributed by atoms with van der Waals surface area (Å²) in [5, 5.41) is 4.50. The first-order chi connectivity index (χ1) is 10.0. The predicted octanol–water partition coefficient (Wildman–Crippen LogP) is 4.94. The van der Waals surface area contributed by atoms with Crippen molar-refractivity contribution in [1.29, 1.82) is 0 Å². The molecule has 0 aliphatic carbocycles. The summed E-state index contributed by atoms with van der Waals surface area (Å²) in [5.41, 5.74) is 11.8. The number of anilines is 3. The number of fused-ring (bicyclic) bond motifs is 1. The van der Waals surface area contributed by atoms with Gasteiger partial charge in [-0.15, -0.1) is 0 Å². The number of nitrogens with one attached hydrogen (secondary N) is 1. The lowest BCUT2D eigenvalue weighted by atomic mass is 10.1. The van der Waals surface area contributed by atoms with Crippen LogP contribution < -0.4 is 11.1 Å². The van der Waals surface area contributed by atoms with Crippen LogP contribution in [0.3, 0.4) is 0 Å². The molecule has 0 amide bonds. The molecule has 3 aromatic rings. The largest absolute Gasteiger partial charge is 0.399 e. The summed E-state index contributed by atoms with van der Waals surface area (Å²) < 4.78 is 1.03. The van der Waals surface area contributed by atoms with Crippen molar-refractivity contribution in [2.45, 2.75) is 13.8 Å². The number of halogens is 1. The van der Waals surface area contributed by atoms with Crippen molar-refractivity contribution in [3.63, 3.8) is 0 Å². The molecule has 0 radical (unpaired) electrons. The lowest BCUT2D eigenvalue weighted by Gasteiger charge is -2.13. The molecule has 0 saturated heterocycles. The molecule has 1 aromatic heterocycles. The predicted molar refractivity (Wildman–Crippen MR) is 93.1 cm³/mol. The number of rotatable bonds is 2. The molecule has 0 atom stereocenters. The van der Waals surface area contributed by atoms with Crippen LogP contribution in [-0.4, -0.2) is 4.98 Å². The molecule has 21 heavy (non-hydrogen) atoms. The highest BCUT2D eigenvalue weighted by atomic mass is 79.9. The standard InChI is InChI=1S/C17H16BrN3/c1-10-3-5-14(18)17(7-10)21-16-8-11(2)20-15-6-4-12(19)9-13(15)16/h3-9H,19H2,1-2H3,(H,20,21). The minimum atomic E-state index is 0.736. The second-order valence-corrected chi connectivity index (χ2v) is 6.05. The highest BCUT2D eigenvalue weighted by molar-refractivity contribution is 9.10. The van der Waals surface area contributed by atoms with E-state index >= 15 is 0 Å². The van der Waals surface area contributed by atoms with E-state index in [2.05, 4.69) is 45.3 Å². The molecule has 3 nitrogen and oxygen atoms in total. The molecule has 106 valence electrons. The smallest absolute Gasteiger partial charge is 0.0727 e. The lowest BCUT2D eigenvalue weighted by molar-refractivity contribution is 1.25. The Morgan fingerprint density at radius 3 is 2.62 bits per heavy atom. The zero-order valence-electron chi connectivity index (χ0n) is 11.9. The average molecular weight is 342 g/mol. The normalized spacial score (nSPS) is 10.8. The molecule has 0 bridgehead atoms. The molecule has 4 heteroatoms. The van der Waals surface area contributed by atoms with E-state index in [1.165, 1.54) is 5.56 Å². The van der Waals surface area contributed by atoms with Gasteiger partial charge in [-0.25, -0.2) is 0 Å². The highest BCUT2D eigenvalue weighted by Gasteiger charge is 2.07. The van der Waals surface area contributed by atoms with Crippen molar-refractivity contribution in [2.75, 3.05) is 11.1 Å². The van der Waals surface area contributed by atoms with Crippen molar-refractivity contribution < 1.29 is 0 Å². The van der Waals surface area contributed by atoms with Crippen LogP contribution in [-0.2, 0) is 0 Å². The quantitative estimate of drug-likeness (QED) is 0.649. The minimum Gasteiger partial charge on any atom is -0.399 e. The Balaban J connectivity index is 2.15. The van der Waals surface area contributed by atoms with Crippen LogP contribution in [0.25, 0.3) is 10.9 Å². The van der Waals surface area contributed by atoms with Crippen molar-refractivity contribution in [1.82, 2.24) is 4.98 Å². The lowest BCUT2D eigenvalue weighted by Crippen LogP contribution is -1.97. The molecule has 1 heterocycles. The number of benzene rings is 2. The first-order valence-electron chi connectivity index (χ1n) is 6.73. The number of aromatic nitrogens is 1. The van der Waals surface area contributed by atoms with Gasteiger partial charge in [-0.05, 0) is 71.7 Å². The number of nitrogen functional groups attached to an aromatic ring is 1. The fraction of sp³-hybridized carbons (Fsp3) is 0.118. The van der Waals surface area contributed by atoms with Crippen molar-refractivity contribution in [3.05, 3.63) is 58.2 Å². The second kappa shape index (κ2) is 5.37. The van der Waals surface area contributed by atoms with Gasteiger partial charge in [-0.1, -0.05) is 6.07 Å². The monoisotopic (exact) mass is 341 g/mol. The second-order valence-electron chi connectivity index (χ2n) is 5.20. The van der Waals surface area contributed by atoms with Crippen LogP contribution in [0, 0.1) is 13.8 Å². The molecular formula is C17H16BrN3. The maximum Gasteiger partial charge on any atom is 0.0727 e. The van der Waals surface area contributed by atoms with Gasteiger partial charge in [0.1, 0.15) is 0 Å². The molecule has 3 N–H and O–H groups in total. The van der Waals surface area contributed by atoms with Gasteiger partial charge in [0.05, 0.1) is 11.2 Å².